The Hall–Kier alpha value is -2.83. The van der Waals surface area contributed by atoms with Gasteiger partial charge in [0.25, 0.3) is 5.91 Å². The van der Waals surface area contributed by atoms with Crippen molar-refractivity contribution in [3.8, 4) is 11.5 Å². The molecule has 1 aliphatic heterocycles. The fourth-order valence-corrected chi connectivity index (χ4v) is 2.94. The molecule has 1 atom stereocenters. The number of benzene rings is 1. The first-order chi connectivity index (χ1) is 12.6. The SMILES string of the molecule is COc1ccc(OC(C)C(=O)N2CCN(c3cc(C)ncn3)CC2)cc1. The van der Waals surface area contributed by atoms with E-state index in [2.05, 4.69) is 14.9 Å². The van der Waals surface area contributed by atoms with E-state index < -0.39 is 6.10 Å². The zero-order valence-electron chi connectivity index (χ0n) is 15.4. The number of rotatable bonds is 5. The molecular weight excluding hydrogens is 332 g/mol. The minimum Gasteiger partial charge on any atom is -0.497 e. The van der Waals surface area contributed by atoms with Gasteiger partial charge in [0.1, 0.15) is 23.6 Å². The number of amides is 1. The van der Waals surface area contributed by atoms with Gasteiger partial charge >= 0.3 is 0 Å². The van der Waals surface area contributed by atoms with E-state index in [-0.39, 0.29) is 5.91 Å². The lowest BCUT2D eigenvalue weighted by Gasteiger charge is -2.36. The lowest BCUT2D eigenvalue weighted by atomic mass is 10.2. The second-order valence-electron chi connectivity index (χ2n) is 6.27. The normalized spacial score (nSPS) is 15.5. The molecule has 7 nitrogen and oxygen atoms in total. The number of nitrogens with zero attached hydrogens (tertiary/aromatic N) is 4. The van der Waals surface area contributed by atoms with Crippen LogP contribution in [-0.2, 0) is 4.79 Å². The maximum atomic E-state index is 12.7. The van der Waals surface area contributed by atoms with E-state index in [0.29, 0.717) is 18.8 Å². The summed E-state index contributed by atoms with van der Waals surface area (Å²) >= 11 is 0. The van der Waals surface area contributed by atoms with Crippen molar-refractivity contribution < 1.29 is 14.3 Å². The average molecular weight is 356 g/mol. The van der Waals surface area contributed by atoms with Gasteiger partial charge in [-0.3, -0.25) is 4.79 Å². The molecule has 1 saturated heterocycles. The number of piperazine rings is 1. The van der Waals surface area contributed by atoms with Crippen LogP contribution in [0.5, 0.6) is 11.5 Å². The number of aryl methyl sites for hydroxylation is 1. The van der Waals surface area contributed by atoms with E-state index >= 15 is 0 Å². The maximum absolute atomic E-state index is 12.7. The molecule has 1 aromatic heterocycles. The number of aromatic nitrogens is 2. The summed E-state index contributed by atoms with van der Waals surface area (Å²) in [7, 11) is 1.62. The molecule has 3 rings (SSSR count). The van der Waals surface area contributed by atoms with E-state index in [1.807, 2.05) is 30.0 Å². The minimum atomic E-state index is -0.531. The number of carbonyl (C=O) groups excluding carboxylic acids is 1. The highest BCUT2D eigenvalue weighted by Crippen LogP contribution is 2.19. The Bertz CT molecular complexity index is 743. The van der Waals surface area contributed by atoms with Crippen LogP contribution in [0, 0.1) is 6.92 Å². The van der Waals surface area contributed by atoms with Gasteiger partial charge < -0.3 is 19.3 Å². The van der Waals surface area contributed by atoms with Crippen LogP contribution in [0.4, 0.5) is 5.82 Å². The lowest BCUT2D eigenvalue weighted by molar-refractivity contribution is -0.138. The van der Waals surface area contributed by atoms with Crippen molar-refractivity contribution in [3.05, 3.63) is 42.4 Å². The predicted octanol–water partition coefficient (Wildman–Crippen LogP) is 1.91. The molecule has 1 aromatic carbocycles. The number of carbonyl (C=O) groups is 1. The third-order valence-electron chi connectivity index (χ3n) is 4.42. The average Bonchev–Trinajstić information content (AvgIpc) is 2.68. The van der Waals surface area contributed by atoms with Gasteiger partial charge in [-0.1, -0.05) is 0 Å². The number of hydrogen-bond acceptors (Lipinski definition) is 6. The Balaban J connectivity index is 1.53. The fourth-order valence-electron chi connectivity index (χ4n) is 2.94. The molecule has 1 fully saturated rings. The second-order valence-corrected chi connectivity index (χ2v) is 6.27. The van der Waals surface area contributed by atoms with E-state index in [1.165, 1.54) is 0 Å². The molecule has 0 radical (unpaired) electrons. The number of ether oxygens (including phenoxy) is 2. The highest BCUT2D eigenvalue weighted by atomic mass is 16.5. The van der Waals surface area contributed by atoms with Gasteiger partial charge in [0.15, 0.2) is 6.10 Å². The van der Waals surface area contributed by atoms with E-state index in [1.54, 1.807) is 32.5 Å². The summed E-state index contributed by atoms with van der Waals surface area (Å²) in [6.07, 6.45) is 1.05. The van der Waals surface area contributed by atoms with Gasteiger partial charge in [0.2, 0.25) is 0 Å². The van der Waals surface area contributed by atoms with Gasteiger partial charge in [0.05, 0.1) is 7.11 Å². The summed E-state index contributed by atoms with van der Waals surface area (Å²) in [5, 5.41) is 0. The topological polar surface area (TPSA) is 67.8 Å². The van der Waals surface area contributed by atoms with Crippen molar-refractivity contribution in [1.82, 2.24) is 14.9 Å². The number of anilines is 1. The summed E-state index contributed by atoms with van der Waals surface area (Å²) in [5.41, 5.74) is 0.940. The molecule has 1 aliphatic rings. The Labute approximate surface area is 153 Å². The van der Waals surface area contributed by atoms with Crippen LogP contribution in [0.3, 0.4) is 0 Å². The molecule has 0 bridgehead atoms. The van der Waals surface area contributed by atoms with Crippen LogP contribution >= 0.6 is 0 Å². The van der Waals surface area contributed by atoms with E-state index in [9.17, 15) is 4.79 Å². The van der Waals surface area contributed by atoms with Crippen LogP contribution in [0.2, 0.25) is 0 Å². The molecule has 7 heteroatoms. The van der Waals surface area contributed by atoms with Gasteiger partial charge in [-0.25, -0.2) is 9.97 Å². The quantitative estimate of drug-likeness (QED) is 0.815. The van der Waals surface area contributed by atoms with Crippen LogP contribution in [0.1, 0.15) is 12.6 Å². The van der Waals surface area contributed by atoms with Crippen LogP contribution < -0.4 is 14.4 Å². The summed E-state index contributed by atoms with van der Waals surface area (Å²) in [6, 6.07) is 9.20. The monoisotopic (exact) mass is 356 g/mol. The fraction of sp³-hybridized carbons (Fsp3) is 0.421. The van der Waals surface area contributed by atoms with Gasteiger partial charge in [-0.2, -0.15) is 0 Å². The van der Waals surface area contributed by atoms with Gasteiger partial charge in [-0.05, 0) is 38.1 Å². The maximum Gasteiger partial charge on any atom is 0.263 e. The Morgan fingerprint density at radius 2 is 1.73 bits per heavy atom. The smallest absolute Gasteiger partial charge is 0.263 e. The van der Waals surface area contributed by atoms with Crippen molar-refractivity contribution in [2.75, 3.05) is 38.2 Å². The van der Waals surface area contributed by atoms with Crippen LogP contribution in [0.25, 0.3) is 0 Å². The first-order valence-corrected chi connectivity index (χ1v) is 8.70. The largest absolute Gasteiger partial charge is 0.497 e. The number of methoxy groups -OCH3 is 1. The predicted molar refractivity (Wildman–Crippen MR) is 98.6 cm³/mol. The highest BCUT2D eigenvalue weighted by Gasteiger charge is 2.26. The van der Waals surface area contributed by atoms with E-state index in [4.69, 9.17) is 9.47 Å². The molecule has 0 spiro atoms. The molecule has 0 N–H and O–H groups in total. The van der Waals surface area contributed by atoms with Gasteiger partial charge in [-0.15, -0.1) is 0 Å². The third kappa shape index (κ3) is 4.22. The van der Waals surface area contributed by atoms with E-state index in [0.717, 1.165) is 30.4 Å². The molecule has 138 valence electrons. The van der Waals surface area contributed by atoms with Crippen molar-refractivity contribution in [2.24, 2.45) is 0 Å². The minimum absolute atomic E-state index is 0.000615. The molecule has 0 aliphatic carbocycles. The molecule has 1 unspecified atom stereocenters. The molecule has 2 heterocycles. The molecule has 26 heavy (non-hydrogen) atoms. The molecule has 2 aromatic rings. The zero-order valence-corrected chi connectivity index (χ0v) is 15.4. The first-order valence-electron chi connectivity index (χ1n) is 8.70. The Kier molecular flexibility index (Phi) is 5.55. The highest BCUT2D eigenvalue weighted by molar-refractivity contribution is 5.81. The van der Waals surface area contributed by atoms with Crippen molar-refractivity contribution in [2.45, 2.75) is 20.0 Å². The van der Waals surface area contributed by atoms with Crippen molar-refractivity contribution in [1.29, 1.82) is 0 Å². The Morgan fingerprint density at radius 3 is 2.35 bits per heavy atom. The van der Waals surface area contributed by atoms with Crippen LogP contribution in [0.15, 0.2) is 36.7 Å². The van der Waals surface area contributed by atoms with Crippen molar-refractivity contribution >= 4 is 11.7 Å². The Morgan fingerprint density at radius 1 is 1.08 bits per heavy atom. The summed E-state index contributed by atoms with van der Waals surface area (Å²) in [4.78, 5) is 25.1. The third-order valence-corrected chi connectivity index (χ3v) is 4.42. The molecular formula is C19H24N4O3. The lowest BCUT2D eigenvalue weighted by Crippen LogP contribution is -2.52. The first kappa shape index (κ1) is 18.0. The van der Waals surface area contributed by atoms with Crippen LogP contribution in [-0.4, -0.2) is 60.2 Å². The molecule has 1 amide bonds. The molecule has 0 saturated carbocycles. The second kappa shape index (κ2) is 8.03. The summed E-state index contributed by atoms with van der Waals surface area (Å²) < 4.78 is 10.9. The summed E-state index contributed by atoms with van der Waals surface area (Å²) in [5.74, 6) is 2.32. The standard InChI is InChI=1S/C19H24N4O3/c1-14-12-18(21-13-20-14)22-8-10-23(11-9-22)19(24)15(2)26-17-6-4-16(25-3)5-7-17/h4-7,12-13,15H,8-11H2,1-3H3. The number of hydrogen-bond donors (Lipinski definition) is 0. The zero-order chi connectivity index (χ0) is 18.5. The summed E-state index contributed by atoms with van der Waals surface area (Å²) in [6.45, 7) is 6.53. The van der Waals surface area contributed by atoms with Gasteiger partial charge in [0, 0.05) is 37.9 Å². The van der Waals surface area contributed by atoms with Crippen molar-refractivity contribution in [3.63, 3.8) is 0 Å².